The zero-order valence-electron chi connectivity index (χ0n) is 15.0. The SMILES string of the molecule is FC(F)(F)c1cc(Cl)ccc1-n1nnnc1CN1CCOC2(CCOCC2)C1. The lowest BCUT2D eigenvalue weighted by molar-refractivity contribution is -0.155. The summed E-state index contributed by atoms with van der Waals surface area (Å²) in [6.45, 7) is 3.48. The highest BCUT2D eigenvalue weighted by Crippen LogP contribution is 2.36. The van der Waals surface area contributed by atoms with Crippen molar-refractivity contribution in [3.63, 3.8) is 0 Å². The number of halogens is 4. The van der Waals surface area contributed by atoms with Crippen LogP contribution in [0.4, 0.5) is 13.2 Å². The van der Waals surface area contributed by atoms with Crippen LogP contribution < -0.4 is 0 Å². The standard InChI is InChI=1S/C17H19ClF3N5O2/c18-12-1-2-14(13(9-12)17(19,20)21)26-15(22-23-24-26)10-25-5-8-28-16(11-25)3-6-27-7-4-16/h1-2,9H,3-8,10-11H2. The Kier molecular flexibility index (Phi) is 5.30. The molecule has 1 aromatic carbocycles. The maximum Gasteiger partial charge on any atom is 0.418 e. The Morgan fingerprint density at radius 2 is 1.96 bits per heavy atom. The molecule has 11 heteroatoms. The molecule has 2 aliphatic heterocycles. The lowest BCUT2D eigenvalue weighted by Crippen LogP contribution is -2.54. The average Bonchev–Trinajstić information content (AvgIpc) is 3.09. The Labute approximate surface area is 164 Å². The molecule has 0 unspecified atom stereocenters. The molecule has 2 saturated heterocycles. The van der Waals surface area contributed by atoms with Crippen molar-refractivity contribution in [1.82, 2.24) is 25.1 Å². The van der Waals surface area contributed by atoms with Crippen molar-refractivity contribution in [3.05, 3.63) is 34.6 Å². The fraction of sp³-hybridized carbons (Fsp3) is 0.588. The van der Waals surface area contributed by atoms with Gasteiger partial charge in [0.05, 0.1) is 30.0 Å². The highest BCUT2D eigenvalue weighted by Gasteiger charge is 2.39. The third-order valence-corrected chi connectivity index (χ3v) is 5.36. The fourth-order valence-electron chi connectivity index (χ4n) is 3.72. The number of morpholine rings is 1. The van der Waals surface area contributed by atoms with Crippen LogP contribution in [-0.2, 0) is 22.2 Å². The molecule has 4 rings (SSSR count). The highest BCUT2D eigenvalue weighted by atomic mass is 35.5. The van der Waals surface area contributed by atoms with E-state index in [9.17, 15) is 13.2 Å². The highest BCUT2D eigenvalue weighted by molar-refractivity contribution is 6.30. The van der Waals surface area contributed by atoms with Gasteiger partial charge < -0.3 is 9.47 Å². The van der Waals surface area contributed by atoms with Gasteiger partial charge in [-0.05, 0) is 28.6 Å². The number of ether oxygens (including phenoxy) is 2. The van der Waals surface area contributed by atoms with E-state index >= 15 is 0 Å². The third kappa shape index (κ3) is 4.00. The van der Waals surface area contributed by atoms with Crippen molar-refractivity contribution in [2.45, 2.75) is 31.2 Å². The summed E-state index contributed by atoms with van der Waals surface area (Å²) in [6, 6.07) is 3.56. The first-order valence-electron chi connectivity index (χ1n) is 8.95. The zero-order valence-corrected chi connectivity index (χ0v) is 15.7. The van der Waals surface area contributed by atoms with Crippen LogP contribution in [0.2, 0.25) is 5.02 Å². The predicted octanol–water partition coefficient (Wildman–Crippen LogP) is 2.72. The summed E-state index contributed by atoms with van der Waals surface area (Å²) in [5, 5.41) is 11.4. The van der Waals surface area contributed by atoms with Gasteiger partial charge in [-0.3, -0.25) is 4.90 Å². The van der Waals surface area contributed by atoms with E-state index in [-0.39, 0.29) is 16.3 Å². The Morgan fingerprint density at radius 3 is 2.71 bits per heavy atom. The second-order valence-electron chi connectivity index (χ2n) is 7.02. The first-order valence-corrected chi connectivity index (χ1v) is 9.33. The second-order valence-corrected chi connectivity index (χ2v) is 7.46. The van der Waals surface area contributed by atoms with Gasteiger partial charge >= 0.3 is 6.18 Å². The van der Waals surface area contributed by atoms with Gasteiger partial charge in [-0.1, -0.05) is 11.6 Å². The molecule has 0 bridgehead atoms. The molecule has 28 heavy (non-hydrogen) atoms. The van der Waals surface area contributed by atoms with Crippen LogP contribution in [0.25, 0.3) is 5.69 Å². The number of rotatable bonds is 3. The van der Waals surface area contributed by atoms with E-state index < -0.39 is 11.7 Å². The number of aromatic nitrogens is 4. The van der Waals surface area contributed by atoms with Gasteiger partial charge in [0.15, 0.2) is 5.82 Å². The normalized spacial score (nSPS) is 20.6. The molecule has 0 aliphatic carbocycles. The minimum atomic E-state index is -4.57. The monoisotopic (exact) mass is 417 g/mol. The van der Waals surface area contributed by atoms with E-state index in [0.29, 0.717) is 45.3 Å². The van der Waals surface area contributed by atoms with Gasteiger partial charge in [0.1, 0.15) is 0 Å². The smallest absolute Gasteiger partial charge is 0.381 e. The molecule has 2 aliphatic rings. The van der Waals surface area contributed by atoms with Crippen molar-refractivity contribution in [2.24, 2.45) is 0 Å². The van der Waals surface area contributed by atoms with Crippen molar-refractivity contribution < 1.29 is 22.6 Å². The molecule has 1 spiro atoms. The first-order chi connectivity index (χ1) is 13.4. The van der Waals surface area contributed by atoms with Crippen molar-refractivity contribution in [1.29, 1.82) is 0 Å². The van der Waals surface area contributed by atoms with Crippen LogP contribution in [0, 0.1) is 0 Å². The molecular formula is C17H19ClF3N5O2. The summed E-state index contributed by atoms with van der Waals surface area (Å²) in [5.74, 6) is 0.330. The minimum Gasteiger partial charge on any atom is -0.381 e. The number of hydrogen-bond donors (Lipinski definition) is 0. The molecule has 0 radical (unpaired) electrons. The van der Waals surface area contributed by atoms with Crippen LogP contribution in [0.3, 0.4) is 0 Å². The van der Waals surface area contributed by atoms with E-state index in [1.807, 2.05) is 0 Å². The van der Waals surface area contributed by atoms with Crippen molar-refractivity contribution in [2.75, 3.05) is 32.9 Å². The zero-order chi connectivity index (χ0) is 19.8. The van der Waals surface area contributed by atoms with E-state index in [4.69, 9.17) is 21.1 Å². The molecule has 7 nitrogen and oxygen atoms in total. The van der Waals surface area contributed by atoms with E-state index in [0.717, 1.165) is 23.6 Å². The van der Waals surface area contributed by atoms with Gasteiger partial charge in [0, 0.05) is 44.2 Å². The number of benzene rings is 1. The summed E-state index contributed by atoms with van der Waals surface area (Å²) < 4.78 is 53.0. The Morgan fingerprint density at radius 1 is 1.18 bits per heavy atom. The van der Waals surface area contributed by atoms with Gasteiger partial charge in [-0.2, -0.15) is 17.9 Å². The predicted molar refractivity (Wildman–Crippen MR) is 93.2 cm³/mol. The van der Waals surface area contributed by atoms with Crippen LogP contribution in [-0.4, -0.2) is 63.6 Å². The summed E-state index contributed by atoms with van der Waals surface area (Å²) in [6.07, 6.45) is -2.98. The van der Waals surface area contributed by atoms with E-state index in [2.05, 4.69) is 20.4 Å². The maximum atomic E-state index is 13.5. The molecule has 3 heterocycles. The minimum absolute atomic E-state index is 0.000313. The van der Waals surface area contributed by atoms with Gasteiger partial charge in [0.2, 0.25) is 0 Å². The van der Waals surface area contributed by atoms with Gasteiger partial charge in [-0.15, -0.1) is 5.10 Å². The number of hydrogen-bond acceptors (Lipinski definition) is 6. The molecule has 1 aromatic heterocycles. The topological polar surface area (TPSA) is 65.3 Å². The van der Waals surface area contributed by atoms with Crippen molar-refractivity contribution >= 4 is 11.6 Å². The quantitative estimate of drug-likeness (QED) is 0.765. The molecular weight excluding hydrogens is 399 g/mol. The molecule has 2 fully saturated rings. The molecule has 152 valence electrons. The lowest BCUT2D eigenvalue weighted by atomic mass is 9.92. The largest absolute Gasteiger partial charge is 0.418 e. The third-order valence-electron chi connectivity index (χ3n) is 5.12. The fourth-order valence-corrected chi connectivity index (χ4v) is 3.89. The van der Waals surface area contributed by atoms with E-state index in [1.165, 1.54) is 12.1 Å². The van der Waals surface area contributed by atoms with Crippen LogP contribution >= 0.6 is 11.6 Å². The van der Waals surface area contributed by atoms with Crippen LogP contribution in [0.1, 0.15) is 24.2 Å². The summed E-state index contributed by atoms with van der Waals surface area (Å²) in [7, 11) is 0. The number of alkyl halides is 3. The molecule has 0 amide bonds. The summed E-state index contributed by atoms with van der Waals surface area (Å²) >= 11 is 5.77. The van der Waals surface area contributed by atoms with Crippen LogP contribution in [0.5, 0.6) is 0 Å². The van der Waals surface area contributed by atoms with Gasteiger partial charge in [-0.25, -0.2) is 0 Å². The molecule has 2 aromatic rings. The molecule has 0 N–H and O–H groups in total. The molecule has 0 atom stereocenters. The van der Waals surface area contributed by atoms with Crippen LogP contribution in [0.15, 0.2) is 18.2 Å². The van der Waals surface area contributed by atoms with Gasteiger partial charge in [0.25, 0.3) is 0 Å². The van der Waals surface area contributed by atoms with Crippen molar-refractivity contribution in [3.8, 4) is 5.69 Å². The lowest BCUT2D eigenvalue weighted by Gasteiger charge is -2.44. The number of nitrogens with zero attached hydrogens (tertiary/aromatic N) is 5. The maximum absolute atomic E-state index is 13.5. The summed E-state index contributed by atoms with van der Waals surface area (Å²) in [5.41, 5.74) is -1.30. The first kappa shape index (κ1) is 19.6. The Balaban J connectivity index is 1.59. The Hall–Kier alpha value is -1.75. The Bertz CT molecular complexity index is 833. The molecule has 0 saturated carbocycles. The summed E-state index contributed by atoms with van der Waals surface area (Å²) in [4.78, 5) is 2.11. The number of tetrazole rings is 1. The average molecular weight is 418 g/mol. The second kappa shape index (κ2) is 7.58. The van der Waals surface area contributed by atoms with E-state index in [1.54, 1.807) is 0 Å².